The summed E-state index contributed by atoms with van der Waals surface area (Å²) in [6.07, 6.45) is 5.58. The molecular weight excluding hydrogens is 358 g/mol. The van der Waals surface area contributed by atoms with E-state index in [1.165, 1.54) is 17.7 Å². The highest BCUT2D eigenvalue weighted by molar-refractivity contribution is 5.68. The van der Waals surface area contributed by atoms with E-state index in [1.807, 2.05) is 24.3 Å². The van der Waals surface area contributed by atoms with Gasteiger partial charge in [-0.1, -0.05) is 31.9 Å². The van der Waals surface area contributed by atoms with E-state index in [0.717, 1.165) is 37.8 Å². The second-order valence-corrected chi connectivity index (χ2v) is 6.38. The van der Waals surface area contributed by atoms with Crippen LogP contribution in [0.4, 0.5) is 17.1 Å². The van der Waals surface area contributed by atoms with Crippen molar-refractivity contribution in [2.75, 3.05) is 6.61 Å². The minimum absolute atomic E-state index is 0.0327. The van der Waals surface area contributed by atoms with Crippen LogP contribution in [-0.2, 0) is 16.0 Å². The Balaban J connectivity index is 1.69. The molecule has 0 aromatic heterocycles. The number of carbonyl (C=O) groups excluding carboxylic acids is 1. The zero-order valence-corrected chi connectivity index (χ0v) is 16.0. The number of unbranched alkanes of at least 4 members (excludes halogenated alkanes) is 3. The van der Waals surface area contributed by atoms with E-state index in [0.29, 0.717) is 18.7 Å². The Morgan fingerprint density at radius 2 is 1.50 bits per heavy atom. The average molecular weight is 383 g/mol. The highest BCUT2D eigenvalue weighted by Crippen LogP contribution is 2.21. The van der Waals surface area contributed by atoms with Gasteiger partial charge in [0, 0.05) is 18.6 Å². The van der Waals surface area contributed by atoms with Crippen molar-refractivity contribution in [1.82, 2.24) is 0 Å². The summed E-state index contributed by atoms with van der Waals surface area (Å²) in [6, 6.07) is 13.8. The first-order chi connectivity index (χ1) is 13.6. The van der Waals surface area contributed by atoms with Gasteiger partial charge in [-0.2, -0.15) is 10.2 Å². The Morgan fingerprint density at radius 3 is 2.07 bits per heavy atom. The van der Waals surface area contributed by atoms with Crippen LogP contribution in [0.3, 0.4) is 0 Å². The van der Waals surface area contributed by atoms with Gasteiger partial charge in [-0.15, -0.1) is 0 Å². The number of benzene rings is 2. The zero-order valence-electron chi connectivity index (χ0n) is 16.0. The van der Waals surface area contributed by atoms with Crippen molar-refractivity contribution in [1.29, 1.82) is 0 Å². The molecule has 7 heteroatoms. The molecular formula is C21H25N3O4. The van der Waals surface area contributed by atoms with Gasteiger partial charge in [-0.05, 0) is 49.1 Å². The average Bonchev–Trinajstić information content (AvgIpc) is 2.72. The minimum atomic E-state index is -0.444. The van der Waals surface area contributed by atoms with Gasteiger partial charge in [0.2, 0.25) is 0 Å². The maximum atomic E-state index is 11.0. The fourth-order valence-electron chi connectivity index (χ4n) is 2.56. The predicted molar refractivity (Wildman–Crippen MR) is 107 cm³/mol. The van der Waals surface area contributed by atoms with Crippen molar-refractivity contribution < 1.29 is 14.5 Å². The first kappa shape index (κ1) is 21.2. The molecule has 0 fully saturated rings. The molecule has 0 radical (unpaired) electrons. The van der Waals surface area contributed by atoms with Crippen molar-refractivity contribution in [2.24, 2.45) is 10.2 Å². The Hall–Kier alpha value is -3.09. The predicted octanol–water partition coefficient (Wildman–Crippen LogP) is 6.07. The molecule has 0 saturated carbocycles. The van der Waals surface area contributed by atoms with E-state index in [9.17, 15) is 14.9 Å². The molecule has 0 amide bonds. The number of aryl methyl sites for hydroxylation is 1. The lowest BCUT2D eigenvalue weighted by Crippen LogP contribution is -2.03. The van der Waals surface area contributed by atoms with Crippen LogP contribution in [0.1, 0.15) is 44.6 Å². The lowest BCUT2D eigenvalue weighted by Gasteiger charge is -2.04. The van der Waals surface area contributed by atoms with Crippen molar-refractivity contribution in [3.05, 3.63) is 64.2 Å². The van der Waals surface area contributed by atoms with E-state index in [4.69, 9.17) is 4.74 Å². The molecule has 0 saturated heterocycles. The van der Waals surface area contributed by atoms with Crippen LogP contribution in [0.25, 0.3) is 0 Å². The number of ether oxygens (including phenoxy) is 1. The van der Waals surface area contributed by atoms with Gasteiger partial charge in [-0.25, -0.2) is 0 Å². The summed E-state index contributed by atoms with van der Waals surface area (Å²) in [6.45, 7) is 2.31. The van der Waals surface area contributed by atoms with Crippen LogP contribution in [0, 0.1) is 10.1 Å². The third kappa shape index (κ3) is 7.65. The van der Waals surface area contributed by atoms with E-state index < -0.39 is 4.92 Å². The topological polar surface area (TPSA) is 94.2 Å². The Labute approximate surface area is 164 Å². The molecule has 2 aromatic rings. The number of hydrogen-bond donors (Lipinski definition) is 0. The molecule has 0 bridgehead atoms. The lowest BCUT2D eigenvalue weighted by molar-refractivity contribution is -0.384. The quantitative estimate of drug-likeness (QED) is 0.155. The molecule has 2 aromatic carbocycles. The minimum Gasteiger partial charge on any atom is -0.466 e. The van der Waals surface area contributed by atoms with E-state index >= 15 is 0 Å². The second kappa shape index (κ2) is 11.6. The summed E-state index contributed by atoms with van der Waals surface area (Å²) in [5, 5.41) is 18.9. The fraction of sp³-hybridized carbons (Fsp3) is 0.381. The van der Waals surface area contributed by atoms with Crippen LogP contribution in [0.15, 0.2) is 58.8 Å². The van der Waals surface area contributed by atoms with E-state index in [1.54, 1.807) is 19.1 Å². The lowest BCUT2D eigenvalue weighted by atomic mass is 10.1. The Morgan fingerprint density at radius 1 is 0.929 bits per heavy atom. The van der Waals surface area contributed by atoms with Crippen LogP contribution in [0.5, 0.6) is 0 Å². The van der Waals surface area contributed by atoms with Crippen LogP contribution >= 0.6 is 0 Å². The molecule has 0 spiro atoms. The first-order valence-corrected chi connectivity index (χ1v) is 9.49. The third-order valence-corrected chi connectivity index (χ3v) is 4.19. The molecule has 28 heavy (non-hydrogen) atoms. The highest BCUT2D eigenvalue weighted by atomic mass is 16.6. The van der Waals surface area contributed by atoms with Crippen molar-refractivity contribution >= 4 is 23.0 Å². The summed E-state index contributed by atoms with van der Waals surface area (Å²) in [5.41, 5.74) is 2.58. The number of azo groups is 1. The smallest absolute Gasteiger partial charge is 0.305 e. The van der Waals surface area contributed by atoms with Crippen LogP contribution in [-0.4, -0.2) is 17.5 Å². The summed E-state index contributed by atoms with van der Waals surface area (Å²) in [4.78, 5) is 21.2. The maximum absolute atomic E-state index is 11.0. The van der Waals surface area contributed by atoms with Gasteiger partial charge in [0.1, 0.15) is 0 Å². The Kier molecular flexibility index (Phi) is 8.78. The number of carbonyl (C=O) groups is 1. The number of nitro groups is 1. The van der Waals surface area contributed by atoms with Gasteiger partial charge in [0.25, 0.3) is 5.69 Å². The number of rotatable bonds is 11. The standard InChI is InChI=1S/C21H25N3O4/c1-2-21(25)28-16-6-4-3-5-7-17-8-10-18(11-9-17)22-23-19-12-14-20(15-13-19)24(26)27/h8-15H,2-7,16H2,1H3. The molecule has 0 aliphatic heterocycles. The molecule has 0 unspecified atom stereocenters. The van der Waals surface area contributed by atoms with Crippen LogP contribution < -0.4 is 0 Å². The number of non-ortho nitro benzene ring substituents is 1. The summed E-state index contributed by atoms with van der Waals surface area (Å²) in [5.74, 6) is -0.134. The van der Waals surface area contributed by atoms with E-state index in [-0.39, 0.29) is 11.7 Å². The molecule has 2 rings (SSSR count). The Bertz CT molecular complexity index is 786. The number of nitro benzene ring substituents is 1. The maximum Gasteiger partial charge on any atom is 0.305 e. The monoisotopic (exact) mass is 383 g/mol. The number of hydrogen-bond acceptors (Lipinski definition) is 6. The summed E-state index contributed by atoms with van der Waals surface area (Å²) >= 11 is 0. The second-order valence-electron chi connectivity index (χ2n) is 6.38. The molecule has 0 heterocycles. The number of esters is 1. The molecule has 0 aliphatic carbocycles. The van der Waals surface area contributed by atoms with Crippen molar-refractivity contribution in [3.8, 4) is 0 Å². The highest BCUT2D eigenvalue weighted by Gasteiger charge is 2.03. The van der Waals surface area contributed by atoms with Gasteiger partial charge in [-0.3, -0.25) is 14.9 Å². The van der Waals surface area contributed by atoms with Gasteiger partial charge in [0.15, 0.2) is 0 Å². The molecule has 148 valence electrons. The van der Waals surface area contributed by atoms with Gasteiger partial charge >= 0.3 is 5.97 Å². The molecule has 0 aliphatic rings. The van der Waals surface area contributed by atoms with Crippen molar-refractivity contribution in [2.45, 2.75) is 45.4 Å². The molecule has 0 N–H and O–H groups in total. The van der Waals surface area contributed by atoms with E-state index in [2.05, 4.69) is 10.2 Å². The van der Waals surface area contributed by atoms with Gasteiger partial charge < -0.3 is 4.74 Å². The van der Waals surface area contributed by atoms with Gasteiger partial charge in [0.05, 0.1) is 22.9 Å². The summed E-state index contributed by atoms with van der Waals surface area (Å²) in [7, 11) is 0. The first-order valence-electron chi connectivity index (χ1n) is 9.49. The van der Waals surface area contributed by atoms with Crippen molar-refractivity contribution in [3.63, 3.8) is 0 Å². The zero-order chi connectivity index (χ0) is 20.2. The normalized spacial score (nSPS) is 10.9. The number of nitrogens with zero attached hydrogens (tertiary/aromatic N) is 3. The molecule has 0 atom stereocenters. The SMILES string of the molecule is CCC(=O)OCCCCCCc1ccc(N=Nc2ccc([N+](=O)[O-])cc2)cc1. The third-order valence-electron chi connectivity index (χ3n) is 4.19. The fourth-order valence-corrected chi connectivity index (χ4v) is 2.56. The van der Waals surface area contributed by atoms with Crippen LogP contribution in [0.2, 0.25) is 0 Å². The summed E-state index contributed by atoms with van der Waals surface area (Å²) < 4.78 is 5.05. The largest absolute Gasteiger partial charge is 0.466 e. The molecule has 7 nitrogen and oxygen atoms in total.